The van der Waals surface area contributed by atoms with Crippen LogP contribution in [-0.2, 0) is 4.79 Å². The zero-order valence-electron chi connectivity index (χ0n) is 11.7. The molecule has 1 aromatic carbocycles. The average Bonchev–Trinajstić information content (AvgIpc) is 3.27. The lowest BCUT2D eigenvalue weighted by atomic mass is 10.3. The van der Waals surface area contributed by atoms with Crippen molar-refractivity contribution in [2.75, 3.05) is 24.7 Å². The van der Waals surface area contributed by atoms with Gasteiger partial charge in [-0.3, -0.25) is 14.6 Å². The van der Waals surface area contributed by atoms with Crippen molar-refractivity contribution in [1.29, 1.82) is 0 Å². The predicted octanol–water partition coefficient (Wildman–Crippen LogP) is 1.90. The second-order valence-corrected chi connectivity index (χ2v) is 5.30. The molecular formula is C15H19N3O2. The molecule has 0 radical (unpaired) electrons. The van der Waals surface area contributed by atoms with E-state index in [1.807, 2.05) is 30.3 Å². The summed E-state index contributed by atoms with van der Waals surface area (Å²) in [6.07, 6.45) is 2.35. The number of carbonyl (C=O) groups excluding carboxylic acids is 2. The van der Waals surface area contributed by atoms with Gasteiger partial charge in [0.2, 0.25) is 0 Å². The summed E-state index contributed by atoms with van der Waals surface area (Å²) in [5, 5.41) is 0. The molecule has 0 spiro atoms. The van der Waals surface area contributed by atoms with Crippen LogP contribution in [0.2, 0.25) is 0 Å². The van der Waals surface area contributed by atoms with Crippen LogP contribution >= 0.6 is 0 Å². The minimum absolute atomic E-state index is 0.113. The second kappa shape index (κ2) is 5.25. The number of hydrogen-bond donors (Lipinski definition) is 0. The fraction of sp³-hybridized carbons (Fsp3) is 0.467. The first-order valence-corrected chi connectivity index (χ1v) is 7.11. The Morgan fingerprint density at radius 2 is 1.90 bits per heavy atom. The van der Waals surface area contributed by atoms with Crippen molar-refractivity contribution >= 4 is 17.6 Å². The molecule has 3 rings (SSSR count). The summed E-state index contributed by atoms with van der Waals surface area (Å²) in [6.45, 7) is 3.50. The molecule has 3 amide bonds. The van der Waals surface area contributed by atoms with E-state index in [4.69, 9.17) is 0 Å². The fourth-order valence-corrected chi connectivity index (χ4v) is 2.58. The van der Waals surface area contributed by atoms with Crippen molar-refractivity contribution in [2.24, 2.45) is 0 Å². The van der Waals surface area contributed by atoms with Crippen LogP contribution in [0.4, 0.5) is 10.5 Å². The Balaban J connectivity index is 1.73. The van der Waals surface area contributed by atoms with E-state index < -0.39 is 0 Å². The van der Waals surface area contributed by atoms with Crippen molar-refractivity contribution in [3.8, 4) is 0 Å². The van der Waals surface area contributed by atoms with Gasteiger partial charge in [0.05, 0.1) is 6.67 Å². The fourth-order valence-electron chi connectivity index (χ4n) is 2.58. The van der Waals surface area contributed by atoms with Crippen LogP contribution in [0.5, 0.6) is 0 Å². The molecule has 5 heteroatoms. The Morgan fingerprint density at radius 3 is 2.50 bits per heavy atom. The van der Waals surface area contributed by atoms with E-state index in [-0.39, 0.29) is 18.5 Å². The normalized spacial score (nSPS) is 19.3. The molecule has 1 saturated carbocycles. The summed E-state index contributed by atoms with van der Waals surface area (Å²) < 4.78 is 0. The molecule has 1 heterocycles. The minimum Gasteiger partial charge on any atom is -0.285 e. The summed E-state index contributed by atoms with van der Waals surface area (Å²) in [5.74, 6) is -0.113. The first-order chi connectivity index (χ1) is 9.70. The molecule has 5 nitrogen and oxygen atoms in total. The number of urea groups is 1. The van der Waals surface area contributed by atoms with E-state index in [1.54, 1.807) is 4.90 Å². The van der Waals surface area contributed by atoms with Crippen LogP contribution in [-0.4, -0.2) is 47.5 Å². The molecule has 2 fully saturated rings. The van der Waals surface area contributed by atoms with Crippen molar-refractivity contribution in [3.63, 3.8) is 0 Å². The minimum atomic E-state index is -0.208. The monoisotopic (exact) mass is 273 g/mol. The molecule has 1 aliphatic heterocycles. The lowest BCUT2D eigenvalue weighted by Crippen LogP contribution is -2.43. The van der Waals surface area contributed by atoms with Gasteiger partial charge in [0.1, 0.15) is 6.54 Å². The standard InChI is InChI=1S/C15H19N3O2/c1-2-16(12-8-9-12)11-18-14(19)10-17(15(18)20)13-6-4-3-5-7-13/h3-7,12H,2,8-11H2,1H3. The van der Waals surface area contributed by atoms with Crippen LogP contribution in [0, 0.1) is 0 Å². The molecule has 1 saturated heterocycles. The van der Waals surface area contributed by atoms with Gasteiger partial charge in [0.25, 0.3) is 5.91 Å². The van der Waals surface area contributed by atoms with Gasteiger partial charge in [-0.2, -0.15) is 0 Å². The lowest BCUT2D eigenvalue weighted by Gasteiger charge is -2.25. The number of hydrogen-bond acceptors (Lipinski definition) is 3. The summed E-state index contributed by atoms with van der Waals surface area (Å²) in [5.41, 5.74) is 0.780. The predicted molar refractivity (Wildman–Crippen MR) is 76.3 cm³/mol. The Kier molecular flexibility index (Phi) is 3.44. The summed E-state index contributed by atoms with van der Waals surface area (Å²) in [4.78, 5) is 29.6. The Bertz CT molecular complexity index is 513. The molecule has 0 bridgehead atoms. The topological polar surface area (TPSA) is 43.9 Å². The molecule has 106 valence electrons. The third-order valence-corrected chi connectivity index (χ3v) is 3.92. The van der Waals surface area contributed by atoms with Crippen molar-refractivity contribution in [1.82, 2.24) is 9.80 Å². The maximum absolute atomic E-state index is 12.4. The van der Waals surface area contributed by atoms with Gasteiger partial charge >= 0.3 is 6.03 Å². The number of para-hydroxylation sites is 1. The highest BCUT2D eigenvalue weighted by atomic mass is 16.2. The van der Waals surface area contributed by atoms with E-state index in [9.17, 15) is 9.59 Å². The van der Waals surface area contributed by atoms with Crippen molar-refractivity contribution in [2.45, 2.75) is 25.8 Å². The molecular weight excluding hydrogens is 254 g/mol. The van der Waals surface area contributed by atoms with Gasteiger partial charge in [0, 0.05) is 11.7 Å². The maximum atomic E-state index is 12.4. The van der Waals surface area contributed by atoms with Crippen LogP contribution in [0.15, 0.2) is 30.3 Å². The van der Waals surface area contributed by atoms with Gasteiger partial charge in [-0.25, -0.2) is 9.69 Å². The SMILES string of the molecule is CCN(CN1C(=O)CN(c2ccccc2)C1=O)C1CC1. The third-order valence-electron chi connectivity index (χ3n) is 3.92. The Labute approximate surface area is 118 Å². The number of anilines is 1. The smallest absolute Gasteiger partial charge is 0.285 e. The lowest BCUT2D eigenvalue weighted by molar-refractivity contribution is -0.126. The first kappa shape index (κ1) is 13.1. The average molecular weight is 273 g/mol. The Hall–Kier alpha value is -1.88. The van der Waals surface area contributed by atoms with E-state index in [1.165, 1.54) is 17.7 Å². The molecule has 2 aliphatic rings. The first-order valence-electron chi connectivity index (χ1n) is 7.11. The number of amides is 3. The summed E-state index contributed by atoms with van der Waals surface area (Å²) >= 11 is 0. The van der Waals surface area contributed by atoms with Gasteiger partial charge in [-0.15, -0.1) is 0 Å². The largest absolute Gasteiger partial charge is 0.332 e. The van der Waals surface area contributed by atoms with Crippen LogP contribution in [0.25, 0.3) is 0 Å². The summed E-state index contributed by atoms with van der Waals surface area (Å²) in [7, 11) is 0. The highest BCUT2D eigenvalue weighted by Gasteiger charge is 2.39. The quantitative estimate of drug-likeness (QED) is 0.770. The van der Waals surface area contributed by atoms with Crippen LogP contribution < -0.4 is 4.90 Å². The highest BCUT2D eigenvalue weighted by Crippen LogP contribution is 2.28. The number of rotatable bonds is 5. The third kappa shape index (κ3) is 2.41. The molecule has 1 aromatic rings. The van der Waals surface area contributed by atoms with E-state index in [2.05, 4.69) is 11.8 Å². The number of nitrogens with zero attached hydrogens (tertiary/aromatic N) is 3. The number of imide groups is 1. The molecule has 20 heavy (non-hydrogen) atoms. The highest BCUT2D eigenvalue weighted by molar-refractivity contribution is 6.12. The van der Waals surface area contributed by atoms with Gasteiger partial charge in [-0.05, 0) is 31.5 Å². The van der Waals surface area contributed by atoms with Crippen molar-refractivity contribution in [3.05, 3.63) is 30.3 Å². The Morgan fingerprint density at radius 1 is 1.20 bits per heavy atom. The van der Waals surface area contributed by atoms with E-state index >= 15 is 0 Å². The van der Waals surface area contributed by atoms with Crippen LogP contribution in [0.1, 0.15) is 19.8 Å². The summed E-state index contributed by atoms with van der Waals surface area (Å²) in [6, 6.07) is 9.69. The molecule has 0 N–H and O–H groups in total. The molecule has 0 aromatic heterocycles. The van der Waals surface area contributed by atoms with Gasteiger partial charge < -0.3 is 0 Å². The van der Waals surface area contributed by atoms with Gasteiger partial charge in [-0.1, -0.05) is 25.1 Å². The van der Waals surface area contributed by atoms with Gasteiger partial charge in [0.15, 0.2) is 0 Å². The zero-order chi connectivity index (χ0) is 14.1. The van der Waals surface area contributed by atoms with E-state index in [0.717, 1.165) is 12.2 Å². The second-order valence-electron chi connectivity index (χ2n) is 5.30. The molecule has 1 aliphatic carbocycles. The van der Waals surface area contributed by atoms with E-state index in [0.29, 0.717) is 12.7 Å². The number of carbonyl (C=O) groups is 2. The molecule has 0 unspecified atom stereocenters. The van der Waals surface area contributed by atoms with Crippen LogP contribution in [0.3, 0.4) is 0 Å². The zero-order valence-corrected chi connectivity index (χ0v) is 11.7. The molecule has 0 atom stereocenters. The number of benzene rings is 1. The van der Waals surface area contributed by atoms with Crippen molar-refractivity contribution < 1.29 is 9.59 Å². The maximum Gasteiger partial charge on any atom is 0.332 e.